The Labute approximate surface area is 96.2 Å². The molecule has 1 atom stereocenters. The van der Waals surface area contributed by atoms with Gasteiger partial charge in [-0.15, -0.1) is 0 Å². The van der Waals surface area contributed by atoms with Gasteiger partial charge in [-0.1, -0.05) is 0 Å². The van der Waals surface area contributed by atoms with Gasteiger partial charge in [0.05, 0.1) is 17.8 Å². The molecule has 4 nitrogen and oxygen atoms in total. The third-order valence-corrected chi connectivity index (χ3v) is 2.91. The highest BCUT2D eigenvalue weighted by Crippen LogP contribution is 2.26. The van der Waals surface area contributed by atoms with Gasteiger partial charge in [0, 0.05) is 12.8 Å². The summed E-state index contributed by atoms with van der Waals surface area (Å²) in [6, 6.07) is 1.93. The Kier molecular flexibility index (Phi) is 3.01. The van der Waals surface area contributed by atoms with Crippen LogP contribution in [-0.2, 0) is 4.74 Å². The monoisotopic (exact) mass is 221 g/mol. The quantitative estimate of drug-likeness (QED) is 0.801. The van der Waals surface area contributed by atoms with Crippen LogP contribution in [0.1, 0.15) is 25.3 Å². The van der Waals surface area contributed by atoms with Gasteiger partial charge in [0.25, 0.3) is 0 Å². The van der Waals surface area contributed by atoms with E-state index in [9.17, 15) is 0 Å². The molecule has 0 aromatic carbocycles. The number of nitrogens with one attached hydrogen (secondary N) is 1. The molecule has 1 fully saturated rings. The first-order valence-corrected chi connectivity index (χ1v) is 5.67. The SMILES string of the molecule is Cc1cnc(NC2(C)CCCOC2)c(N)c1. The van der Waals surface area contributed by atoms with Gasteiger partial charge in [-0.25, -0.2) is 4.98 Å². The zero-order valence-corrected chi connectivity index (χ0v) is 9.92. The second-order valence-corrected chi connectivity index (χ2v) is 4.79. The molecule has 1 aromatic rings. The van der Waals surface area contributed by atoms with E-state index in [0.717, 1.165) is 30.8 Å². The predicted molar refractivity (Wildman–Crippen MR) is 65.5 cm³/mol. The summed E-state index contributed by atoms with van der Waals surface area (Å²) in [5.74, 6) is 0.763. The van der Waals surface area contributed by atoms with Crippen molar-refractivity contribution in [2.75, 3.05) is 24.3 Å². The molecule has 4 heteroatoms. The number of hydrogen-bond acceptors (Lipinski definition) is 4. The van der Waals surface area contributed by atoms with Crippen LogP contribution in [0.4, 0.5) is 11.5 Å². The van der Waals surface area contributed by atoms with E-state index in [1.165, 1.54) is 0 Å². The van der Waals surface area contributed by atoms with Crippen molar-refractivity contribution in [3.8, 4) is 0 Å². The summed E-state index contributed by atoms with van der Waals surface area (Å²) < 4.78 is 5.49. The van der Waals surface area contributed by atoms with Crippen molar-refractivity contribution in [2.24, 2.45) is 0 Å². The molecule has 0 aliphatic carbocycles. The number of anilines is 2. The van der Waals surface area contributed by atoms with Crippen molar-refractivity contribution in [1.29, 1.82) is 0 Å². The van der Waals surface area contributed by atoms with Gasteiger partial charge < -0.3 is 15.8 Å². The molecule has 1 saturated heterocycles. The summed E-state index contributed by atoms with van der Waals surface area (Å²) in [6.07, 6.45) is 3.99. The van der Waals surface area contributed by atoms with Crippen LogP contribution in [-0.4, -0.2) is 23.7 Å². The van der Waals surface area contributed by atoms with Crippen LogP contribution in [0.2, 0.25) is 0 Å². The fraction of sp³-hybridized carbons (Fsp3) is 0.583. The molecule has 0 radical (unpaired) electrons. The highest BCUT2D eigenvalue weighted by molar-refractivity contribution is 5.62. The third-order valence-electron chi connectivity index (χ3n) is 2.91. The van der Waals surface area contributed by atoms with Crippen molar-refractivity contribution >= 4 is 11.5 Å². The van der Waals surface area contributed by atoms with E-state index in [1.54, 1.807) is 0 Å². The summed E-state index contributed by atoms with van der Waals surface area (Å²) in [5.41, 5.74) is 7.66. The minimum atomic E-state index is -0.0470. The standard InChI is InChI=1S/C12H19N3O/c1-9-6-10(13)11(14-7-9)15-12(2)4-3-5-16-8-12/h6-7H,3-5,8,13H2,1-2H3,(H,14,15). The van der Waals surface area contributed by atoms with Gasteiger partial charge in [0.2, 0.25) is 0 Å². The summed E-state index contributed by atoms with van der Waals surface area (Å²) in [6.45, 7) is 5.70. The Morgan fingerprint density at radius 2 is 2.38 bits per heavy atom. The fourth-order valence-electron chi connectivity index (χ4n) is 2.01. The zero-order valence-electron chi connectivity index (χ0n) is 9.92. The lowest BCUT2D eigenvalue weighted by molar-refractivity contribution is 0.0539. The topological polar surface area (TPSA) is 60.2 Å². The van der Waals surface area contributed by atoms with E-state index in [-0.39, 0.29) is 5.54 Å². The van der Waals surface area contributed by atoms with Crippen molar-refractivity contribution < 1.29 is 4.74 Å². The molecule has 3 N–H and O–H groups in total. The van der Waals surface area contributed by atoms with Gasteiger partial charge >= 0.3 is 0 Å². The van der Waals surface area contributed by atoms with E-state index in [4.69, 9.17) is 10.5 Å². The smallest absolute Gasteiger partial charge is 0.149 e. The van der Waals surface area contributed by atoms with Crippen LogP contribution >= 0.6 is 0 Å². The molecule has 1 aliphatic heterocycles. The zero-order chi connectivity index (χ0) is 11.6. The Morgan fingerprint density at radius 1 is 1.56 bits per heavy atom. The second-order valence-electron chi connectivity index (χ2n) is 4.79. The second kappa shape index (κ2) is 4.29. The van der Waals surface area contributed by atoms with Gasteiger partial charge in [-0.3, -0.25) is 0 Å². The fourth-order valence-corrected chi connectivity index (χ4v) is 2.01. The van der Waals surface area contributed by atoms with Gasteiger partial charge in [-0.05, 0) is 38.3 Å². The van der Waals surface area contributed by atoms with E-state index >= 15 is 0 Å². The normalized spacial score (nSPS) is 25.4. The third kappa shape index (κ3) is 2.44. The maximum atomic E-state index is 5.93. The molecule has 1 aromatic heterocycles. The van der Waals surface area contributed by atoms with Crippen LogP contribution in [0.5, 0.6) is 0 Å². The van der Waals surface area contributed by atoms with E-state index in [1.807, 2.05) is 19.2 Å². The lowest BCUT2D eigenvalue weighted by Crippen LogP contribution is -2.43. The summed E-state index contributed by atoms with van der Waals surface area (Å²) in [5, 5.41) is 3.39. The van der Waals surface area contributed by atoms with Gasteiger partial charge in [-0.2, -0.15) is 0 Å². The van der Waals surface area contributed by atoms with Crippen LogP contribution in [0.3, 0.4) is 0 Å². The first kappa shape index (κ1) is 11.2. The maximum Gasteiger partial charge on any atom is 0.149 e. The molecule has 0 saturated carbocycles. The molecule has 2 rings (SSSR count). The van der Waals surface area contributed by atoms with E-state index in [0.29, 0.717) is 12.3 Å². The minimum absolute atomic E-state index is 0.0470. The number of rotatable bonds is 2. The Hall–Kier alpha value is -1.29. The van der Waals surface area contributed by atoms with Crippen molar-refractivity contribution in [1.82, 2.24) is 4.98 Å². The molecule has 0 amide bonds. The maximum absolute atomic E-state index is 5.93. The molecule has 2 heterocycles. The molecule has 1 aliphatic rings. The molecular formula is C12H19N3O. The number of aryl methyl sites for hydroxylation is 1. The van der Waals surface area contributed by atoms with E-state index in [2.05, 4.69) is 17.2 Å². The van der Waals surface area contributed by atoms with Gasteiger partial charge in [0.15, 0.2) is 0 Å². The highest BCUT2D eigenvalue weighted by atomic mass is 16.5. The average Bonchev–Trinajstić information content (AvgIpc) is 2.23. The van der Waals surface area contributed by atoms with Gasteiger partial charge in [0.1, 0.15) is 5.82 Å². The average molecular weight is 221 g/mol. The summed E-state index contributed by atoms with van der Waals surface area (Å²) in [4.78, 5) is 4.33. The van der Waals surface area contributed by atoms with Crippen LogP contribution in [0.25, 0.3) is 0 Å². The van der Waals surface area contributed by atoms with Crippen LogP contribution in [0, 0.1) is 6.92 Å². The van der Waals surface area contributed by atoms with E-state index < -0.39 is 0 Å². The summed E-state index contributed by atoms with van der Waals surface area (Å²) >= 11 is 0. The number of aromatic nitrogens is 1. The molecular weight excluding hydrogens is 202 g/mol. The molecule has 0 bridgehead atoms. The molecule has 1 unspecified atom stereocenters. The van der Waals surface area contributed by atoms with Crippen molar-refractivity contribution in [3.63, 3.8) is 0 Å². The number of nitrogen functional groups attached to an aromatic ring is 1. The number of nitrogens with zero attached hydrogens (tertiary/aromatic N) is 1. The number of hydrogen-bond donors (Lipinski definition) is 2. The van der Waals surface area contributed by atoms with Crippen molar-refractivity contribution in [3.05, 3.63) is 17.8 Å². The number of pyridine rings is 1. The first-order chi connectivity index (χ1) is 7.59. The molecule has 16 heavy (non-hydrogen) atoms. The Morgan fingerprint density at radius 3 is 3.00 bits per heavy atom. The lowest BCUT2D eigenvalue weighted by Gasteiger charge is -2.35. The van der Waals surface area contributed by atoms with Crippen LogP contribution in [0.15, 0.2) is 12.3 Å². The summed E-state index contributed by atoms with van der Waals surface area (Å²) in [7, 11) is 0. The minimum Gasteiger partial charge on any atom is -0.396 e. The highest BCUT2D eigenvalue weighted by Gasteiger charge is 2.28. The molecule has 0 spiro atoms. The van der Waals surface area contributed by atoms with Crippen LogP contribution < -0.4 is 11.1 Å². The van der Waals surface area contributed by atoms with Crippen molar-refractivity contribution in [2.45, 2.75) is 32.2 Å². The first-order valence-electron chi connectivity index (χ1n) is 5.67. The number of ether oxygens (including phenoxy) is 1. The molecule has 88 valence electrons. The Bertz CT molecular complexity index is 373. The predicted octanol–water partition coefficient (Wildman–Crippen LogP) is 1.95. The lowest BCUT2D eigenvalue weighted by atomic mass is 9.95. The largest absolute Gasteiger partial charge is 0.396 e. The Balaban J connectivity index is 2.13. The number of nitrogens with two attached hydrogens (primary N) is 1.